The Bertz CT molecular complexity index is 1730. The predicted octanol–water partition coefficient (Wildman–Crippen LogP) is 10.5. The highest BCUT2D eigenvalue weighted by Crippen LogP contribution is 2.46. The molecule has 0 fully saturated rings. The Labute approximate surface area is 265 Å². The number of benzene rings is 4. The lowest BCUT2D eigenvalue weighted by atomic mass is 9.65. The molecule has 6 rings (SSSR count). The highest BCUT2D eigenvalue weighted by molar-refractivity contribution is 6.07. The molecule has 2 aliphatic carbocycles. The van der Waals surface area contributed by atoms with Crippen molar-refractivity contribution < 1.29 is 0 Å². The maximum Gasteiger partial charge on any atom is 0.0706 e. The Hall–Kier alpha value is -3.78. The van der Waals surface area contributed by atoms with Crippen molar-refractivity contribution in [3.05, 3.63) is 139 Å². The van der Waals surface area contributed by atoms with Crippen LogP contribution in [0.15, 0.2) is 70.9 Å². The van der Waals surface area contributed by atoms with Gasteiger partial charge in [-0.05, 0) is 160 Å². The molecule has 4 aromatic rings. The van der Waals surface area contributed by atoms with Crippen LogP contribution < -0.4 is 0 Å². The smallest absolute Gasteiger partial charge is 0.0706 e. The van der Waals surface area contributed by atoms with Gasteiger partial charge in [-0.25, -0.2) is 0 Å². The molecule has 0 unspecified atom stereocenters. The molecule has 0 N–H and O–H groups in total. The van der Waals surface area contributed by atoms with Gasteiger partial charge in [0, 0.05) is 22.0 Å². The molecular weight excluding hydrogens is 532 g/mol. The summed E-state index contributed by atoms with van der Waals surface area (Å²) in [6.07, 6.45) is 3.87. The number of rotatable bonds is 3. The number of hydrogen-bond donors (Lipinski definition) is 0. The van der Waals surface area contributed by atoms with Crippen LogP contribution in [0.1, 0.15) is 117 Å². The normalized spacial score (nSPS) is 23.1. The maximum absolute atomic E-state index is 5.11. The molecule has 44 heavy (non-hydrogen) atoms. The minimum Gasteiger partial charge on any atom is -0.155 e. The molecule has 226 valence electrons. The zero-order valence-electron chi connectivity index (χ0n) is 28.5. The fourth-order valence-electron chi connectivity index (χ4n) is 7.40. The molecule has 2 aliphatic rings. The molecule has 2 atom stereocenters. The SMILES string of the molecule is Cc1ccc([C@]2(C)CC/C(=N/N=C3\CC[C@@](C)(c4ccc(C)c(C)c4)c4cc(C)c(C)cc43)c3cc(C)c(C)cc32)cc1C. The van der Waals surface area contributed by atoms with Crippen molar-refractivity contribution in [3.63, 3.8) is 0 Å². The summed E-state index contributed by atoms with van der Waals surface area (Å²) in [5, 5.41) is 10.2. The Morgan fingerprint density at radius 2 is 0.773 bits per heavy atom. The minimum absolute atomic E-state index is 0.0571. The standard InChI is InChI=1S/C42H48N2/c1-25-11-13-33(19-27(25)3)41(9)17-15-39(35-21-29(5)31(7)23-37(35)41)43-44-40-16-18-42(10,34-14-12-26(2)28(4)20-34)38-24-32(8)30(6)22-36(38)40/h11-14,19-24H,15-18H2,1-10H3/b43-39-,44-40+/t41-,42-/m0/s1. The van der Waals surface area contributed by atoms with Crippen LogP contribution in [0.5, 0.6) is 0 Å². The fraction of sp³-hybridized carbons (Fsp3) is 0.381. The van der Waals surface area contributed by atoms with Crippen molar-refractivity contribution in [2.75, 3.05) is 0 Å². The summed E-state index contributed by atoms with van der Waals surface area (Å²) >= 11 is 0. The topological polar surface area (TPSA) is 24.7 Å². The molecule has 2 nitrogen and oxygen atoms in total. The van der Waals surface area contributed by atoms with E-state index in [1.165, 1.54) is 77.9 Å². The number of aryl methyl sites for hydroxylation is 8. The first kappa shape index (κ1) is 30.3. The minimum atomic E-state index is -0.0571. The summed E-state index contributed by atoms with van der Waals surface area (Å²) in [6, 6.07) is 23.6. The Morgan fingerprint density at radius 1 is 0.432 bits per heavy atom. The first-order chi connectivity index (χ1) is 20.8. The summed E-state index contributed by atoms with van der Waals surface area (Å²) in [5.41, 5.74) is 20.9. The molecule has 0 saturated heterocycles. The highest BCUT2D eigenvalue weighted by Gasteiger charge is 2.38. The molecule has 0 amide bonds. The van der Waals surface area contributed by atoms with Gasteiger partial charge in [0.25, 0.3) is 0 Å². The summed E-state index contributed by atoms with van der Waals surface area (Å²) < 4.78 is 0. The molecule has 2 heteroatoms. The third-order valence-electron chi connectivity index (χ3n) is 11.4. The van der Waals surface area contributed by atoms with Crippen LogP contribution in [0.4, 0.5) is 0 Å². The lowest BCUT2D eigenvalue weighted by Crippen LogP contribution is -2.33. The van der Waals surface area contributed by atoms with E-state index in [0.29, 0.717) is 0 Å². The van der Waals surface area contributed by atoms with E-state index in [1.54, 1.807) is 0 Å². The van der Waals surface area contributed by atoms with Crippen LogP contribution in [0.2, 0.25) is 0 Å². The van der Waals surface area contributed by atoms with Crippen molar-refractivity contribution >= 4 is 11.4 Å². The Kier molecular flexibility index (Phi) is 7.55. The number of hydrogen-bond acceptors (Lipinski definition) is 2. The largest absolute Gasteiger partial charge is 0.155 e. The Morgan fingerprint density at radius 3 is 1.14 bits per heavy atom. The van der Waals surface area contributed by atoms with Crippen LogP contribution in [0.3, 0.4) is 0 Å². The van der Waals surface area contributed by atoms with Gasteiger partial charge in [-0.1, -0.05) is 62.4 Å². The molecule has 0 bridgehead atoms. The van der Waals surface area contributed by atoms with Crippen molar-refractivity contribution in [2.24, 2.45) is 10.2 Å². The first-order valence-electron chi connectivity index (χ1n) is 16.3. The van der Waals surface area contributed by atoms with Crippen LogP contribution in [-0.4, -0.2) is 11.4 Å². The van der Waals surface area contributed by atoms with E-state index >= 15 is 0 Å². The molecular formula is C42H48N2. The lowest BCUT2D eigenvalue weighted by molar-refractivity contribution is 0.517. The van der Waals surface area contributed by atoms with E-state index in [1.807, 2.05) is 0 Å². The van der Waals surface area contributed by atoms with Crippen LogP contribution >= 0.6 is 0 Å². The lowest BCUT2D eigenvalue weighted by Gasteiger charge is -2.38. The van der Waals surface area contributed by atoms with E-state index in [0.717, 1.165) is 37.1 Å². The van der Waals surface area contributed by atoms with Gasteiger partial charge in [-0.2, -0.15) is 10.2 Å². The second-order valence-electron chi connectivity index (χ2n) is 14.3. The number of nitrogens with zero attached hydrogens (tertiary/aromatic N) is 2. The maximum atomic E-state index is 5.11. The summed E-state index contributed by atoms with van der Waals surface area (Å²) in [7, 11) is 0. The van der Waals surface area contributed by atoms with Gasteiger partial charge in [0.15, 0.2) is 0 Å². The van der Waals surface area contributed by atoms with Crippen molar-refractivity contribution in [1.82, 2.24) is 0 Å². The molecule has 0 aromatic heterocycles. The summed E-state index contributed by atoms with van der Waals surface area (Å²) in [5.74, 6) is 0. The van der Waals surface area contributed by atoms with Gasteiger partial charge >= 0.3 is 0 Å². The predicted molar refractivity (Wildman–Crippen MR) is 188 cm³/mol. The van der Waals surface area contributed by atoms with E-state index in [2.05, 4.69) is 130 Å². The first-order valence-corrected chi connectivity index (χ1v) is 16.3. The molecule has 0 spiro atoms. The molecule has 0 heterocycles. The second-order valence-corrected chi connectivity index (χ2v) is 14.3. The average Bonchev–Trinajstić information content (AvgIpc) is 2.98. The third kappa shape index (κ3) is 4.97. The summed E-state index contributed by atoms with van der Waals surface area (Å²) in [6.45, 7) is 22.6. The molecule has 0 aliphatic heterocycles. The summed E-state index contributed by atoms with van der Waals surface area (Å²) in [4.78, 5) is 0. The van der Waals surface area contributed by atoms with Gasteiger partial charge < -0.3 is 0 Å². The Balaban J connectivity index is 1.46. The van der Waals surface area contributed by atoms with Gasteiger partial charge in [0.1, 0.15) is 0 Å². The van der Waals surface area contributed by atoms with E-state index in [4.69, 9.17) is 10.2 Å². The van der Waals surface area contributed by atoms with Crippen molar-refractivity contribution in [3.8, 4) is 0 Å². The molecule has 0 radical (unpaired) electrons. The molecule has 4 aromatic carbocycles. The molecule has 0 saturated carbocycles. The quantitative estimate of drug-likeness (QED) is 0.215. The zero-order chi connectivity index (χ0) is 31.6. The van der Waals surface area contributed by atoms with E-state index < -0.39 is 0 Å². The van der Waals surface area contributed by atoms with Gasteiger partial charge in [-0.15, -0.1) is 0 Å². The fourth-order valence-corrected chi connectivity index (χ4v) is 7.40. The van der Waals surface area contributed by atoms with Gasteiger partial charge in [0.05, 0.1) is 11.4 Å². The second kappa shape index (κ2) is 11.0. The monoisotopic (exact) mass is 580 g/mol. The average molecular weight is 581 g/mol. The van der Waals surface area contributed by atoms with E-state index in [9.17, 15) is 0 Å². The van der Waals surface area contributed by atoms with Crippen LogP contribution in [0, 0.1) is 55.4 Å². The number of fused-ring (bicyclic) bond motifs is 2. The zero-order valence-corrected chi connectivity index (χ0v) is 28.5. The van der Waals surface area contributed by atoms with Crippen LogP contribution in [-0.2, 0) is 10.8 Å². The van der Waals surface area contributed by atoms with E-state index in [-0.39, 0.29) is 10.8 Å². The van der Waals surface area contributed by atoms with Crippen LogP contribution in [0.25, 0.3) is 0 Å². The van der Waals surface area contributed by atoms with Gasteiger partial charge in [-0.3, -0.25) is 0 Å². The van der Waals surface area contributed by atoms with Gasteiger partial charge in [0.2, 0.25) is 0 Å². The van der Waals surface area contributed by atoms with Crippen molar-refractivity contribution in [2.45, 2.75) is 106 Å². The van der Waals surface area contributed by atoms with Crippen molar-refractivity contribution in [1.29, 1.82) is 0 Å². The third-order valence-corrected chi connectivity index (χ3v) is 11.4. The highest BCUT2D eigenvalue weighted by atomic mass is 15.2.